The fourth-order valence-corrected chi connectivity index (χ4v) is 3.97. The van der Waals surface area contributed by atoms with E-state index in [1.54, 1.807) is 41.3 Å². The largest absolute Gasteiger partial charge is 0.391 e. The number of carbonyl (C=O) groups excluding carboxylic acids is 2. The lowest BCUT2D eigenvalue weighted by Gasteiger charge is -2.17. The molecule has 0 aliphatic carbocycles. The number of fused-ring (bicyclic) bond motifs is 1. The average molecular weight is 470 g/mol. The Hall–Kier alpha value is -3.43. The van der Waals surface area contributed by atoms with Gasteiger partial charge in [0.15, 0.2) is 0 Å². The number of hydrogen-bond donors (Lipinski definition) is 3. The van der Waals surface area contributed by atoms with E-state index in [-0.39, 0.29) is 43.3 Å². The second-order valence-electron chi connectivity index (χ2n) is 8.01. The van der Waals surface area contributed by atoms with Crippen molar-refractivity contribution in [1.82, 2.24) is 19.8 Å². The Bertz CT molecular complexity index is 1260. The Kier molecular flexibility index (Phi) is 6.62. The number of benzene rings is 1. The van der Waals surface area contributed by atoms with Crippen molar-refractivity contribution in [1.29, 1.82) is 0 Å². The van der Waals surface area contributed by atoms with Gasteiger partial charge in [-0.1, -0.05) is 23.7 Å². The normalized spacial score (nSPS) is 15.7. The Labute approximate surface area is 194 Å². The molecular formula is C23H24ClN5O4. The number of nitrogens with two attached hydrogens (primary N) is 1. The molecule has 1 aliphatic rings. The van der Waals surface area contributed by atoms with Gasteiger partial charge in [-0.15, -0.1) is 0 Å². The molecule has 3 heterocycles. The van der Waals surface area contributed by atoms with E-state index in [1.807, 2.05) is 0 Å². The number of aryl methyl sites for hydroxylation is 1. The summed E-state index contributed by atoms with van der Waals surface area (Å²) in [7, 11) is 0. The van der Waals surface area contributed by atoms with Crippen molar-refractivity contribution < 1.29 is 14.7 Å². The molecule has 33 heavy (non-hydrogen) atoms. The van der Waals surface area contributed by atoms with Crippen LogP contribution in [0, 0.1) is 0 Å². The molecule has 1 saturated heterocycles. The highest BCUT2D eigenvalue weighted by molar-refractivity contribution is 6.30. The van der Waals surface area contributed by atoms with Crippen LogP contribution in [0.25, 0.3) is 11.0 Å². The van der Waals surface area contributed by atoms with Crippen LogP contribution in [0.4, 0.5) is 5.82 Å². The number of aliphatic hydroxyl groups is 1. The van der Waals surface area contributed by atoms with Crippen LogP contribution in [0.2, 0.25) is 5.02 Å². The van der Waals surface area contributed by atoms with Gasteiger partial charge in [-0.3, -0.25) is 19.0 Å². The van der Waals surface area contributed by atoms with E-state index in [2.05, 4.69) is 10.3 Å². The van der Waals surface area contributed by atoms with Gasteiger partial charge in [-0.05, 0) is 42.3 Å². The number of pyridine rings is 2. The molecule has 0 radical (unpaired) electrons. The molecule has 172 valence electrons. The standard InChI is InChI=1S/C23H24ClN5O4/c24-16-4-1-14(2-5-16)12-26-22(32)18-11-15-3-6-19(25)27-21(15)29(23(18)33)10-8-20(31)28-9-7-17(30)13-28/h1-6,11,17,30H,7-10,12-13H2,(H2,25,27)(H,26,32). The summed E-state index contributed by atoms with van der Waals surface area (Å²) in [5.74, 6) is -0.478. The van der Waals surface area contributed by atoms with Crippen LogP contribution in [-0.4, -0.2) is 50.6 Å². The molecule has 2 amide bonds. The minimum Gasteiger partial charge on any atom is -0.391 e. The average Bonchev–Trinajstić information content (AvgIpc) is 3.24. The first-order chi connectivity index (χ1) is 15.8. The van der Waals surface area contributed by atoms with Crippen molar-refractivity contribution in [2.24, 2.45) is 0 Å². The number of aromatic nitrogens is 2. The van der Waals surface area contributed by atoms with Gasteiger partial charge in [-0.25, -0.2) is 4.98 Å². The van der Waals surface area contributed by atoms with Crippen LogP contribution in [0.1, 0.15) is 28.8 Å². The van der Waals surface area contributed by atoms with Crippen molar-refractivity contribution in [2.75, 3.05) is 18.8 Å². The number of likely N-dealkylation sites (tertiary alicyclic amines) is 1. The molecule has 1 unspecified atom stereocenters. The highest BCUT2D eigenvalue weighted by Crippen LogP contribution is 2.16. The maximum Gasteiger partial charge on any atom is 0.265 e. The van der Waals surface area contributed by atoms with E-state index in [0.29, 0.717) is 29.0 Å². The first kappa shape index (κ1) is 22.8. The summed E-state index contributed by atoms with van der Waals surface area (Å²) in [4.78, 5) is 44.4. The lowest BCUT2D eigenvalue weighted by atomic mass is 10.1. The first-order valence-corrected chi connectivity index (χ1v) is 11.0. The molecule has 0 spiro atoms. The molecule has 10 heteroatoms. The maximum absolute atomic E-state index is 13.2. The fourth-order valence-electron chi connectivity index (χ4n) is 3.85. The zero-order valence-corrected chi connectivity index (χ0v) is 18.6. The van der Waals surface area contributed by atoms with Crippen LogP contribution in [-0.2, 0) is 17.9 Å². The minimum atomic E-state index is -0.552. The molecule has 1 atom stereocenters. The number of β-amino-alcohol motifs (C(OH)–C–C–N with tert-alkyl or cyclic N) is 1. The number of halogens is 1. The SMILES string of the molecule is Nc1ccc2cc(C(=O)NCc3ccc(Cl)cc3)c(=O)n(CCC(=O)N3CCC(O)C3)c2n1. The molecule has 0 bridgehead atoms. The van der Waals surface area contributed by atoms with Crippen molar-refractivity contribution in [3.05, 3.63) is 69.0 Å². The van der Waals surface area contributed by atoms with Gasteiger partial charge in [0, 0.05) is 43.0 Å². The number of aliphatic hydroxyl groups excluding tert-OH is 1. The Morgan fingerprint density at radius 1 is 1.21 bits per heavy atom. The number of nitrogens with zero attached hydrogens (tertiary/aromatic N) is 3. The molecule has 1 aromatic carbocycles. The maximum atomic E-state index is 13.2. The number of rotatable bonds is 6. The predicted octanol–water partition coefficient (Wildman–Crippen LogP) is 1.55. The summed E-state index contributed by atoms with van der Waals surface area (Å²) in [6.07, 6.45) is 0.0518. The van der Waals surface area contributed by atoms with Gasteiger partial charge in [-0.2, -0.15) is 0 Å². The lowest BCUT2D eigenvalue weighted by Crippen LogP contribution is -2.35. The van der Waals surface area contributed by atoms with E-state index in [9.17, 15) is 19.5 Å². The summed E-state index contributed by atoms with van der Waals surface area (Å²) >= 11 is 5.89. The zero-order chi connectivity index (χ0) is 23.5. The summed E-state index contributed by atoms with van der Waals surface area (Å²) in [5.41, 5.74) is 6.36. The summed E-state index contributed by atoms with van der Waals surface area (Å²) in [6, 6.07) is 11.8. The van der Waals surface area contributed by atoms with Crippen LogP contribution >= 0.6 is 11.6 Å². The van der Waals surface area contributed by atoms with E-state index >= 15 is 0 Å². The van der Waals surface area contributed by atoms with Crippen LogP contribution < -0.4 is 16.6 Å². The third-order valence-corrected chi connectivity index (χ3v) is 5.89. The number of hydrogen-bond acceptors (Lipinski definition) is 6. The van der Waals surface area contributed by atoms with Crippen molar-refractivity contribution in [3.8, 4) is 0 Å². The Morgan fingerprint density at radius 3 is 2.67 bits per heavy atom. The van der Waals surface area contributed by atoms with Crippen molar-refractivity contribution in [3.63, 3.8) is 0 Å². The minimum absolute atomic E-state index is 0.0358. The fraction of sp³-hybridized carbons (Fsp3) is 0.304. The lowest BCUT2D eigenvalue weighted by molar-refractivity contribution is -0.130. The number of carbonyl (C=O) groups is 2. The number of nitrogen functional groups attached to an aromatic ring is 1. The smallest absolute Gasteiger partial charge is 0.265 e. The molecule has 0 saturated carbocycles. The number of nitrogens with one attached hydrogen (secondary N) is 1. The van der Waals surface area contributed by atoms with Gasteiger partial charge >= 0.3 is 0 Å². The summed E-state index contributed by atoms with van der Waals surface area (Å²) < 4.78 is 1.31. The van der Waals surface area contributed by atoms with Crippen LogP contribution in [0.3, 0.4) is 0 Å². The first-order valence-electron chi connectivity index (χ1n) is 10.6. The molecule has 4 N–H and O–H groups in total. The van der Waals surface area contributed by atoms with Crippen LogP contribution in [0.15, 0.2) is 47.3 Å². The topological polar surface area (TPSA) is 131 Å². The third-order valence-electron chi connectivity index (χ3n) is 5.63. The second-order valence-corrected chi connectivity index (χ2v) is 8.44. The van der Waals surface area contributed by atoms with Gasteiger partial charge in [0.2, 0.25) is 5.91 Å². The number of anilines is 1. The number of amides is 2. The highest BCUT2D eigenvalue weighted by Gasteiger charge is 2.25. The second kappa shape index (κ2) is 9.60. The third kappa shape index (κ3) is 5.15. The van der Waals surface area contributed by atoms with Crippen LogP contribution in [0.5, 0.6) is 0 Å². The summed E-state index contributed by atoms with van der Waals surface area (Å²) in [6.45, 7) is 1.03. The van der Waals surface area contributed by atoms with Gasteiger partial charge in [0.1, 0.15) is 17.0 Å². The molecule has 4 rings (SSSR count). The molecule has 1 fully saturated rings. The molecule has 9 nitrogen and oxygen atoms in total. The van der Waals surface area contributed by atoms with E-state index in [1.165, 1.54) is 10.6 Å². The van der Waals surface area contributed by atoms with E-state index < -0.39 is 17.6 Å². The zero-order valence-electron chi connectivity index (χ0n) is 17.8. The molecular weight excluding hydrogens is 446 g/mol. The molecule has 3 aromatic rings. The van der Waals surface area contributed by atoms with E-state index in [4.69, 9.17) is 17.3 Å². The van der Waals surface area contributed by atoms with Gasteiger partial charge in [0.05, 0.1) is 6.10 Å². The Balaban J connectivity index is 1.59. The molecule has 1 aliphatic heterocycles. The predicted molar refractivity (Wildman–Crippen MR) is 125 cm³/mol. The van der Waals surface area contributed by atoms with Gasteiger partial charge < -0.3 is 21.1 Å². The molecule has 2 aromatic heterocycles. The Morgan fingerprint density at radius 2 is 1.97 bits per heavy atom. The van der Waals surface area contributed by atoms with Gasteiger partial charge in [0.25, 0.3) is 11.5 Å². The summed E-state index contributed by atoms with van der Waals surface area (Å²) in [5, 5.41) is 13.6. The van der Waals surface area contributed by atoms with Crippen molar-refractivity contribution in [2.45, 2.75) is 32.0 Å². The quantitative estimate of drug-likeness (QED) is 0.502. The van der Waals surface area contributed by atoms with E-state index in [0.717, 1.165) is 5.56 Å². The highest BCUT2D eigenvalue weighted by atomic mass is 35.5. The monoisotopic (exact) mass is 469 g/mol. The van der Waals surface area contributed by atoms with Crippen molar-refractivity contribution >= 4 is 40.3 Å².